The van der Waals surface area contributed by atoms with Crippen molar-refractivity contribution < 1.29 is 13.9 Å². The van der Waals surface area contributed by atoms with Crippen LogP contribution in [0, 0.1) is 11.7 Å². The average Bonchev–Trinajstić information content (AvgIpc) is 2.45. The molecular weight excluding hydrogens is 325 g/mol. The average molecular weight is 344 g/mol. The van der Waals surface area contributed by atoms with Gasteiger partial charge in [0, 0.05) is 11.0 Å². The lowest BCUT2D eigenvalue weighted by molar-refractivity contribution is -0.123. The molecule has 1 aromatic rings. The smallest absolute Gasteiger partial charge is 0.257 e. The van der Waals surface area contributed by atoms with Crippen molar-refractivity contribution in [2.75, 3.05) is 13.2 Å². The third-order valence-electron chi connectivity index (χ3n) is 3.57. The second-order valence-corrected chi connectivity index (χ2v) is 6.09. The summed E-state index contributed by atoms with van der Waals surface area (Å²) in [6.45, 7) is 0.552. The number of carbonyl (C=O) groups excluding carboxylic acids is 1. The predicted octanol–water partition coefficient (Wildman–Crippen LogP) is 3.66. The van der Waals surface area contributed by atoms with Crippen LogP contribution in [0.5, 0.6) is 5.75 Å². The van der Waals surface area contributed by atoms with Crippen molar-refractivity contribution in [1.82, 2.24) is 5.32 Å². The molecule has 0 atom stereocenters. The first-order valence-corrected chi connectivity index (χ1v) is 7.79. The quantitative estimate of drug-likeness (QED) is 0.885. The van der Waals surface area contributed by atoms with Crippen molar-refractivity contribution in [2.45, 2.75) is 32.1 Å². The van der Waals surface area contributed by atoms with Crippen LogP contribution in [-0.2, 0) is 4.79 Å². The van der Waals surface area contributed by atoms with Crippen LogP contribution in [0.1, 0.15) is 32.1 Å². The Labute approximate surface area is 127 Å². The summed E-state index contributed by atoms with van der Waals surface area (Å²) in [7, 11) is 0. The second kappa shape index (κ2) is 7.62. The van der Waals surface area contributed by atoms with Gasteiger partial charge in [-0.2, -0.15) is 0 Å². The second-order valence-electron chi connectivity index (χ2n) is 5.17. The molecule has 0 aromatic heterocycles. The van der Waals surface area contributed by atoms with E-state index in [4.69, 9.17) is 4.74 Å². The summed E-state index contributed by atoms with van der Waals surface area (Å²) in [5, 5.41) is 2.86. The molecule has 1 N–H and O–H groups in total. The molecule has 0 unspecified atom stereocenters. The van der Waals surface area contributed by atoms with Crippen LogP contribution in [0.15, 0.2) is 22.7 Å². The molecule has 0 aliphatic heterocycles. The number of hydrogen-bond acceptors (Lipinski definition) is 2. The fourth-order valence-electron chi connectivity index (χ4n) is 2.44. The van der Waals surface area contributed by atoms with Crippen LogP contribution >= 0.6 is 15.9 Å². The SMILES string of the molecule is O=C(COc1ccc(Br)cc1F)NCC1CCCCC1. The normalized spacial score (nSPS) is 15.9. The summed E-state index contributed by atoms with van der Waals surface area (Å²) < 4.78 is 19.3. The largest absolute Gasteiger partial charge is 0.481 e. The molecule has 0 heterocycles. The summed E-state index contributed by atoms with van der Waals surface area (Å²) in [6, 6.07) is 4.50. The Balaban J connectivity index is 1.71. The molecule has 1 aromatic carbocycles. The zero-order chi connectivity index (χ0) is 14.4. The first-order chi connectivity index (χ1) is 9.65. The van der Waals surface area contributed by atoms with E-state index in [1.807, 2.05) is 0 Å². The minimum Gasteiger partial charge on any atom is -0.481 e. The fourth-order valence-corrected chi connectivity index (χ4v) is 2.77. The van der Waals surface area contributed by atoms with Gasteiger partial charge in [0.2, 0.25) is 0 Å². The molecule has 1 aliphatic rings. The topological polar surface area (TPSA) is 38.3 Å². The van der Waals surface area contributed by atoms with Crippen molar-refractivity contribution >= 4 is 21.8 Å². The minimum absolute atomic E-state index is 0.0982. The molecule has 1 aliphatic carbocycles. The monoisotopic (exact) mass is 343 g/mol. The van der Waals surface area contributed by atoms with Gasteiger partial charge in [-0.3, -0.25) is 4.79 Å². The minimum atomic E-state index is -0.473. The number of hydrogen-bond donors (Lipinski definition) is 1. The molecule has 0 radical (unpaired) electrons. The Kier molecular flexibility index (Phi) is 5.83. The van der Waals surface area contributed by atoms with Crippen molar-refractivity contribution in [3.63, 3.8) is 0 Å². The van der Waals surface area contributed by atoms with E-state index in [1.54, 1.807) is 6.07 Å². The van der Waals surface area contributed by atoms with E-state index in [0.29, 0.717) is 16.9 Å². The highest BCUT2D eigenvalue weighted by Gasteiger charge is 2.14. The van der Waals surface area contributed by atoms with Gasteiger partial charge in [-0.1, -0.05) is 35.2 Å². The predicted molar refractivity (Wildman–Crippen MR) is 79.2 cm³/mol. The first kappa shape index (κ1) is 15.3. The standard InChI is InChI=1S/C15H19BrFNO2/c16-12-6-7-14(13(17)8-12)20-10-15(19)18-9-11-4-2-1-3-5-11/h6-8,11H,1-5,9-10H2,(H,18,19). The summed E-state index contributed by atoms with van der Waals surface area (Å²) in [5.41, 5.74) is 0. The molecule has 1 amide bonds. The van der Waals surface area contributed by atoms with Gasteiger partial charge in [-0.05, 0) is 37.0 Å². The summed E-state index contributed by atoms with van der Waals surface area (Å²) in [6.07, 6.45) is 6.17. The first-order valence-electron chi connectivity index (χ1n) is 6.99. The van der Waals surface area contributed by atoms with Crippen LogP contribution in [-0.4, -0.2) is 19.1 Å². The highest BCUT2D eigenvalue weighted by molar-refractivity contribution is 9.10. The van der Waals surface area contributed by atoms with Crippen molar-refractivity contribution in [2.24, 2.45) is 5.92 Å². The van der Waals surface area contributed by atoms with Crippen LogP contribution < -0.4 is 10.1 Å². The number of amides is 1. The number of ether oxygens (including phenoxy) is 1. The van der Waals surface area contributed by atoms with Crippen molar-refractivity contribution in [3.05, 3.63) is 28.5 Å². The number of carbonyl (C=O) groups is 1. The summed E-state index contributed by atoms with van der Waals surface area (Å²) in [5.74, 6) is 0.00970. The molecule has 1 saturated carbocycles. The van der Waals surface area contributed by atoms with Crippen LogP contribution in [0.3, 0.4) is 0 Å². The zero-order valence-corrected chi connectivity index (χ0v) is 12.9. The molecule has 20 heavy (non-hydrogen) atoms. The molecule has 3 nitrogen and oxygen atoms in total. The van der Waals surface area contributed by atoms with Gasteiger partial charge in [0.1, 0.15) is 0 Å². The van der Waals surface area contributed by atoms with Gasteiger partial charge in [0.25, 0.3) is 5.91 Å². The van der Waals surface area contributed by atoms with E-state index in [1.165, 1.54) is 44.2 Å². The number of benzene rings is 1. The van der Waals surface area contributed by atoms with Gasteiger partial charge < -0.3 is 10.1 Å². The van der Waals surface area contributed by atoms with E-state index in [9.17, 15) is 9.18 Å². The lowest BCUT2D eigenvalue weighted by Gasteiger charge is -2.21. The third-order valence-corrected chi connectivity index (χ3v) is 4.06. The maximum absolute atomic E-state index is 13.5. The Hall–Kier alpha value is -1.10. The maximum atomic E-state index is 13.5. The number of rotatable bonds is 5. The van der Waals surface area contributed by atoms with E-state index < -0.39 is 5.82 Å². The Morgan fingerprint density at radius 2 is 2.10 bits per heavy atom. The van der Waals surface area contributed by atoms with Gasteiger partial charge in [-0.15, -0.1) is 0 Å². The molecule has 1 fully saturated rings. The molecular formula is C15H19BrFNO2. The van der Waals surface area contributed by atoms with E-state index >= 15 is 0 Å². The van der Waals surface area contributed by atoms with Gasteiger partial charge >= 0.3 is 0 Å². The number of nitrogens with one attached hydrogen (secondary N) is 1. The van der Waals surface area contributed by atoms with Crippen molar-refractivity contribution in [1.29, 1.82) is 0 Å². The van der Waals surface area contributed by atoms with Crippen LogP contribution in [0.2, 0.25) is 0 Å². The molecule has 0 spiro atoms. The molecule has 110 valence electrons. The van der Waals surface area contributed by atoms with Crippen molar-refractivity contribution in [3.8, 4) is 5.75 Å². The highest BCUT2D eigenvalue weighted by Crippen LogP contribution is 2.23. The van der Waals surface area contributed by atoms with Gasteiger partial charge in [0.05, 0.1) is 0 Å². The number of halogens is 2. The lowest BCUT2D eigenvalue weighted by Crippen LogP contribution is -2.33. The van der Waals surface area contributed by atoms with Crippen LogP contribution in [0.4, 0.5) is 4.39 Å². The van der Waals surface area contributed by atoms with E-state index in [0.717, 1.165) is 0 Å². The van der Waals surface area contributed by atoms with Gasteiger partial charge in [-0.25, -0.2) is 4.39 Å². The summed E-state index contributed by atoms with van der Waals surface area (Å²) in [4.78, 5) is 11.7. The third kappa shape index (κ3) is 4.78. The van der Waals surface area contributed by atoms with Crippen LogP contribution in [0.25, 0.3) is 0 Å². The highest BCUT2D eigenvalue weighted by atomic mass is 79.9. The molecule has 5 heteroatoms. The Morgan fingerprint density at radius 1 is 1.35 bits per heavy atom. The Morgan fingerprint density at radius 3 is 2.80 bits per heavy atom. The van der Waals surface area contributed by atoms with Gasteiger partial charge in [0.15, 0.2) is 18.2 Å². The fraction of sp³-hybridized carbons (Fsp3) is 0.533. The zero-order valence-electron chi connectivity index (χ0n) is 11.3. The molecule has 2 rings (SSSR count). The summed E-state index contributed by atoms with van der Waals surface area (Å²) >= 11 is 3.17. The Bertz CT molecular complexity index is 461. The maximum Gasteiger partial charge on any atom is 0.257 e. The van der Waals surface area contributed by atoms with E-state index in [2.05, 4.69) is 21.2 Å². The lowest BCUT2D eigenvalue weighted by atomic mass is 9.89. The molecule has 0 bridgehead atoms. The van der Waals surface area contributed by atoms with E-state index in [-0.39, 0.29) is 18.3 Å². The molecule has 0 saturated heterocycles.